The standard InChI is InChI=1S/C2INO2/c3-1-2-4(5)6. The largest absolute Gasteiger partial charge is 0.301 e. The van der Waals surface area contributed by atoms with Crippen molar-refractivity contribution in [3.05, 3.63) is 10.1 Å². The van der Waals surface area contributed by atoms with Gasteiger partial charge in [-0.2, -0.15) is 0 Å². The zero-order valence-electron chi connectivity index (χ0n) is 2.64. The fourth-order valence-electron chi connectivity index (χ4n) is 0.0345. The first-order chi connectivity index (χ1) is 2.77. The molecule has 3 nitrogen and oxygen atoms in total. The molecule has 0 heterocycles. The van der Waals surface area contributed by atoms with Gasteiger partial charge in [-0.25, -0.2) is 10.1 Å². The average Bonchev–Trinajstić information content (AvgIpc) is 1.35. The maximum atomic E-state index is 9.23. The lowest BCUT2D eigenvalue weighted by atomic mass is 11.2. The second kappa shape index (κ2) is 2.90. The van der Waals surface area contributed by atoms with Crippen molar-refractivity contribution in [2.45, 2.75) is 0 Å². The van der Waals surface area contributed by atoms with E-state index in [-0.39, 0.29) is 0 Å². The number of halogens is 1. The van der Waals surface area contributed by atoms with Gasteiger partial charge in [0.2, 0.25) is 0 Å². The van der Waals surface area contributed by atoms with Crippen LogP contribution in [0.25, 0.3) is 0 Å². The molecule has 0 aliphatic heterocycles. The van der Waals surface area contributed by atoms with Crippen LogP contribution < -0.4 is 0 Å². The fourth-order valence-corrected chi connectivity index (χ4v) is 0.231. The zero-order valence-corrected chi connectivity index (χ0v) is 4.80. The highest BCUT2D eigenvalue weighted by atomic mass is 127. The van der Waals surface area contributed by atoms with E-state index in [1.807, 2.05) is 0 Å². The van der Waals surface area contributed by atoms with E-state index >= 15 is 0 Å². The Kier molecular flexibility index (Phi) is 2.75. The molecule has 6 heavy (non-hydrogen) atoms. The summed E-state index contributed by atoms with van der Waals surface area (Å²) in [5, 5.41) is 9.23. The number of nitrogens with zero attached hydrogens (tertiary/aromatic N) is 1. The number of rotatable bonds is 0. The summed E-state index contributed by atoms with van der Waals surface area (Å²) in [5.74, 6) is 0. The minimum atomic E-state index is -0.688. The van der Waals surface area contributed by atoms with Crippen LogP contribution in [0.5, 0.6) is 0 Å². The Bertz CT molecular complexity index is 110. The Balaban J connectivity index is 3.50. The SMILES string of the molecule is O=[N+]([O-])C#CI. The summed E-state index contributed by atoms with van der Waals surface area (Å²) in [5.41, 5.74) is 0. The highest BCUT2D eigenvalue weighted by Gasteiger charge is 1.75. The second-order valence-corrected chi connectivity index (χ2v) is 1.00. The molecule has 0 aliphatic carbocycles. The van der Waals surface area contributed by atoms with Crippen LogP contribution in [0.15, 0.2) is 0 Å². The van der Waals surface area contributed by atoms with Crippen molar-refractivity contribution in [3.8, 4) is 9.97 Å². The van der Waals surface area contributed by atoms with Crippen molar-refractivity contribution in [1.29, 1.82) is 0 Å². The lowest BCUT2D eigenvalue weighted by Crippen LogP contribution is -1.80. The van der Waals surface area contributed by atoms with Gasteiger partial charge in [-0.15, -0.1) is 0 Å². The first kappa shape index (κ1) is 5.69. The van der Waals surface area contributed by atoms with Crippen molar-refractivity contribution in [2.24, 2.45) is 0 Å². The first-order valence-corrected chi connectivity index (χ1v) is 2.11. The molecule has 0 aliphatic rings. The second-order valence-electron chi connectivity index (χ2n) is 0.463. The van der Waals surface area contributed by atoms with E-state index in [2.05, 4.69) is 3.93 Å². The molecule has 0 rings (SSSR count). The average molecular weight is 197 g/mol. The van der Waals surface area contributed by atoms with Crippen molar-refractivity contribution in [3.63, 3.8) is 0 Å². The summed E-state index contributed by atoms with van der Waals surface area (Å²) in [4.78, 5) is 8.54. The Morgan fingerprint density at radius 2 is 2.33 bits per heavy atom. The first-order valence-electron chi connectivity index (χ1n) is 1.03. The van der Waals surface area contributed by atoms with Gasteiger partial charge >= 0.3 is 6.04 Å². The molecule has 0 amide bonds. The van der Waals surface area contributed by atoms with Crippen LogP contribution >= 0.6 is 22.6 Å². The molecule has 32 valence electrons. The third kappa shape index (κ3) is 3.69. The molecular formula is C2INO2. The van der Waals surface area contributed by atoms with Crippen LogP contribution in [0.3, 0.4) is 0 Å². The maximum Gasteiger partial charge on any atom is 0.301 e. The highest BCUT2D eigenvalue weighted by Crippen LogP contribution is 1.69. The summed E-state index contributed by atoms with van der Waals surface area (Å²) in [6, 6.07) is 1.67. The smallest absolute Gasteiger partial charge is 0.249 e. The van der Waals surface area contributed by atoms with Crippen molar-refractivity contribution in [1.82, 2.24) is 0 Å². The summed E-state index contributed by atoms with van der Waals surface area (Å²) in [6.07, 6.45) is 0. The molecule has 0 aromatic carbocycles. The van der Waals surface area contributed by atoms with E-state index in [4.69, 9.17) is 0 Å². The van der Waals surface area contributed by atoms with Crippen LogP contribution in [0, 0.1) is 20.1 Å². The number of nitro groups is 1. The van der Waals surface area contributed by atoms with E-state index in [1.165, 1.54) is 0 Å². The summed E-state index contributed by atoms with van der Waals surface area (Å²) >= 11 is 1.60. The minimum absolute atomic E-state index is 0.688. The molecular weight excluding hydrogens is 197 g/mol. The lowest BCUT2D eigenvalue weighted by molar-refractivity contribution is -0.379. The molecule has 0 aromatic heterocycles. The maximum absolute atomic E-state index is 9.23. The quantitative estimate of drug-likeness (QED) is 0.188. The molecule has 0 aromatic rings. The predicted molar refractivity (Wildman–Crippen MR) is 28.8 cm³/mol. The number of hydrogen-bond acceptors (Lipinski definition) is 2. The monoisotopic (exact) mass is 197 g/mol. The molecule has 0 saturated carbocycles. The van der Waals surface area contributed by atoms with E-state index < -0.39 is 4.92 Å². The van der Waals surface area contributed by atoms with Gasteiger partial charge in [0.05, 0.1) is 3.93 Å². The van der Waals surface area contributed by atoms with Crippen LogP contribution in [0.4, 0.5) is 0 Å². The van der Waals surface area contributed by atoms with Gasteiger partial charge in [0.25, 0.3) is 0 Å². The molecule has 0 fully saturated rings. The van der Waals surface area contributed by atoms with Crippen LogP contribution in [-0.4, -0.2) is 4.92 Å². The Labute approximate surface area is 48.0 Å². The molecule has 0 N–H and O–H groups in total. The Morgan fingerprint density at radius 1 is 1.83 bits per heavy atom. The van der Waals surface area contributed by atoms with Crippen molar-refractivity contribution < 1.29 is 4.92 Å². The van der Waals surface area contributed by atoms with Gasteiger partial charge in [-0.1, -0.05) is 0 Å². The van der Waals surface area contributed by atoms with Crippen LogP contribution in [-0.2, 0) is 0 Å². The Hall–Kier alpha value is -0.310. The molecule has 0 radical (unpaired) electrons. The zero-order chi connectivity index (χ0) is 4.99. The van der Waals surface area contributed by atoms with Gasteiger partial charge in [-0.3, -0.25) is 0 Å². The summed E-state index contributed by atoms with van der Waals surface area (Å²) in [7, 11) is 0. The third-order valence-corrected chi connectivity index (χ3v) is 0.375. The summed E-state index contributed by atoms with van der Waals surface area (Å²) < 4.78 is 2.09. The van der Waals surface area contributed by atoms with E-state index in [0.717, 1.165) is 0 Å². The van der Waals surface area contributed by atoms with E-state index in [0.29, 0.717) is 0 Å². The minimum Gasteiger partial charge on any atom is -0.249 e. The van der Waals surface area contributed by atoms with Gasteiger partial charge < -0.3 is 0 Å². The van der Waals surface area contributed by atoms with Gasteiger partial charge in [0, 0.05) is 22.6 Å². The van der Waals surface area contributed by atoms with Crippen molar-refractivity contribution >= 4 is 22.6 Å². The van der Waals surface area contributed by atoms with Crippen molar-refractivity contribution in [2.75, 3.05) is 0 Å². The normalized spacial score (nSPS) is 5.50. The predicted octanol–water partition coefficient (Wildman–Crippen LogP) is 0.616. The Morgan fingerprint density at radius 3 is 2.33 bits per heavy atom. The lowest BCUT2D eigenvalue weighted by Gasteiger charge is -1.61. The van der Waals surface area contributed by atoms with E-state index in [1.54, 1.807) is 28.6 Å². The molecule has 0 spiro atoms. The van der Waals surface area contributed by atoms with E-state index in [9.17, 15) is 10.1 Å². The molecule has 4 heteroatoms. The van der Waals surface area contributed by atoms with Crippen LogP contribution in [0.2, 0.25) is 0 Å². The van der Waals surface area contributed by atoms with Gasteiger partial charge in [0.1, 0.15) is 4.92 Å². The third-order valence-electron chi connectivity index (χ3n) is 0.134. The fraction of sp³-hybridized carbons (Fsp3) is 0. The molecule has 0 unspecified atom stereocenters. The molecule has 0 bridgehead atoms. The molecule has 0 atom stereocenters. The number of hydrogen-bond donors (Lipinski definition) is 0. The van der Waals surface area contributed by atoms with Crippen LogP contribution in [0.1, 0.15) is 0 Å². The topological polar surface area (TPSA) is 43.1 Å². The summed E-state index contributed by atoms with van der Waals surface area (Å²) in [6.45, 7) is 0. The molecule has 0 saturated heterocycles. The highest BCUT2D eigenvalue weighted by molar-refractivity contribution is 14.1. The van der Waals surface area contributed by atoms with Gasteiger partial charge in [0.15, 0.2) is 0 Å². The van der Waals surface area contributed by atoms with Gasteiger partial charge in [-0.05, 0) is 0 Å².